The monoisotopic (exact) mass is 315 g/mol. The van der Waals surface area contributed by atoms with E-state index in [0.717, 1.165) is 45.1 Å². The predicted molar refractivity (Wildman–Crippen MR) is 91.8 cm³/mol. The highest BCUT2D eigenvalue weighted by Crippen LogP contribution is 2.30. The summed E-state index contributed by atoms with van der Waals surface area (Å²) in [5.41, 5.74) is 1.25. The second kappa shape index (κ2) is 7.91. The molecule has 1 atom stereocenters. The molecule has 4 nitrogen and oxygen atoms in total. The highest BCUT2D eigenvalue weighted by molar-refractivity contribution is 5.78. The minimum absolute atomic E-state index is 0.197. The third-order valence-electron chi connectivity index (χ3n) is 5.40. The summed E-state index contributed by atoms with van der Waals surface area (Å²) in [5.74, 6) is 1.36. The van der Waals surface area contributed by atoms with Gasteiger partial charge in [0.2, 0.25) is 5.91 Å². The van der Waals surface area contributed by atoms with Gasteiger partial charge in [0.15, 0.2) is 0 Å². The van der Waals surface area contributed by atoms with E-state index in [4.69, 9.17) is 0 Å². The average molecular weight is 315 g/mol. The van der Waals surface area contributed by atoms with E-state index in [0.29, 0.717) is 5.91 Å². The number of hydrogen-bond donors (Lipinski definition) is 0. The number of carbonyl (C=O) groups is 1. The highest BCUT2D eigenvalue weighted by atomic mass is 16.2. The van der Waals surface area contributed by atoms with Crippen molar-refractivity contribution in [3.8, 4) is 0 Å². The lowest BCUT2D eigenvalue weighted by Gasteiger charge is -2.36. The summed E-state index contributed by atoms with van der Waals surface area (Å²) in [5, 5.41) is 0. The molecule has 1 aromatic heterocycles. The summed E-state index contributed by atoms with van der Waals surface area (Å²) in [4.78, 5) is 21.3. The molecule has 1 unspecified atom stereocenters. The second-order valence-electron chi connectivity index (χ2n) is 7.25. The molecule has 1 saturated heterocycles. The van der Waals surface area contributed by atoms with Gasteiger partial charge in [-0.15, -0.1) is 0 Å². The van der Waals surface area contributed by atoms with Crippen molar-refractivity contribution >= 4 is 5.91 Å². The average Bonchev–Trinajstić information content (AvgIpc) is 3.09. The summed E-state index contributed by atoms with van der Waals surface area (Å²) in [6.45, 7) is 6.74. The Balaban J connectivity index is 1.43. The van der Waals surface area contributed by atoms with E-state index in [9.17, 15) is 4.79 Å². The van der Waals surface area contributed by atoms with Gasteiger partial charge in [0.1, 0.15) is 0 Å². The fourth-order valence-corrected chi connectivity index (χ4v) is 4.03. The Labute approximate surface area is 139 Å². The van der Waals surface area contributed by atoms with Crippen LogP contribution in [-0.2, 0) is 11.3 Å². The van der Waals surface area contributed by atoms with Gasteiger partial charge in [-0.1, -0.05) is 38.7 Å². The molecule has 0 spiro atoms. The van der Waals surface area contributed by atoms with Gasteiger partial charge in [-0.2, -0.15) is 0 Å². The van der Waals surface area contributed by atoms with Crippen LogP contribution in [-0.4, -0.2) is 46.9 Å². The van der Waals surface area contributed by atoms with Crippen molar-refractivity contribution in [2.75, 3.05) is 26.2 Å². The molecule has 4 heteroatoms. The second-order valence-corrected chi connectivity index (χ2v) is 7.25. The van der Waals surface area contributed by atoms with Crippen LogP contribution in [0.15, 0.2) is 24.5 Å². The zero-order chi connectivity index (χ0) is 16.1. The van der Waals surface area contributed by atoms with Crippen LogP contribution < -0.4 is 0 Å². The first-order valence-corrected chi connectivity index (χ1v) is 9.12. The largest absolute Gasteiger partial charge is 0.340 e. The Morgan fingerprint density at radius 1 is 1.26 bits per heavy atom. The van der Waals surface area contributed by atoms with Crippen molar-refractivity contribution in [2.24, 2.45) is 11.8 Å². The molecule has 2 fully saturated rings. The molecule has 0 radical (unpaired) electrons. The number of piperazine rings is 1. The van der Waals surface area contributed by atoms with Crippen LogP contribution in [0, 0.1) is 11.8 Å². The molecule has 1 aliphatic heterocycles. The van der Waals surface area contributed by atoms with E-state index in [2.05, 4.69) is 27.8 Å². The first kappa shape index (κ1) is 16.4. The SMILES string of the molecule is CC(CC1CCCC1)C(=O)N1CCN(Cc2cccnc2)CC1. The smallest absolute Gasteiger partial charge is 0.225 e. The number of aromatic nitrogens is 1. The van der Waals surface area contributed by atoms with Crippen LogP contribution in [0.5, 0.6) is 0 Å². The lowest BCUT2D eigenvalue weighted by Crippen LogP contribution is -2.49. The van der Waals surface area contributed by atoms with Crippen LogP contribution in [0.25, 0.3) is 0 Å². The van der Waals surface area contributed by atoms with Crippen LogP contribution in [0.4, 0.5) is 0 Å². The van der Waals surface area contributed by atoms with Gasteiger partial charge in [-0.25, -0.2) is 0 Å². The molecule has 1 aliphatic carbocycles. The summed E-state index contributed by atoms with van der Waals surface area (Å²) in [7, 11) is 0. The molecule has 0 bridgehead atoms. The lowest BCUT2D eigenvalue weighted by atomic mass is 9.93. The Hall–Kier alpha value is -1.42. The van der Waals surface area contributed by atoms with Crippen molar-refractivity contribution in [1.29, 1.82) is 0 Å². The maximum Gasteiger partial charge on any atom is 0.225 e. The number of rotatable bonds is 5. The molecular formula is C19H29N3O. The first-order valence-electron chi connectivity index (χ1n) is 9.12. The maximum atomic E-state index is 12.6. The van der Waals surface area contributed by atoms with Gasteiger partial charge in [0.05, 0.1) is 0 Å². The maximum absolute atomic E-state index is 12.6. The van der Waals surface area contributed by atoms with Crippen LogP contribution in [0.3, 0.4) is 0 Å². The minimum atomic E-state index is 0.197. The number of amides is 1. The Morgan fingerprint density at radius 2 is 2.00 bits per heavy atom. The van der Waals surface area contributed by atoms with Gasteiger partial charge in [-0.3, -0.25) is 14.7 Å². The molecule has 0 N–H and O–H groups in total. The van der Waals surface area contributed by atoms with E-state index in [1.165, 1.54) is 31.2 Å². The van der Waals surface area contributed by atoms with Crippen molar-refractivity contribution in [3.63, 3.8) is 0 Å². The highest BCUT2D eigenvalue weighted by Gasteiger charge is 2.27. The lowest BCUT2D eigenvalue weighted by molar-refractivity contribution is -0.137. The van der Waals surface area contributed by atoms with Crippen LogP contribution >= 0.6 is 0 Å². The molecular weight excluding hydrogens is 286 g/mol. The van der Waals surface area contributed by atoms with Crippen LogP contribution in [0.2, 0.25) is 0 Å². The predicted octanol–water partition coefficient (Wildman–Crippen LogP) is 2.94. The molecule has 2 aliphatic rings. The number of pyridine rings is 1. The molecule has 23 heavy (non-hydrogen) atoms. The third-order valence-corrected chi connectivity index (χ3v) is 5.40. The van der Waals surface area contributed by atoms with Crippen molar-refractivity contribution < 1.29 is 4.79 Å². The fourth-order valence-electron chi connectivity index (χ4n) is 4.03. The van der Waals surface area contributed by atoms with Crippen molar-refractivity contribution in [2.45, 2.75) is 45.6 Å². The molecule has 1 amide bonds. The van der Waals surface area contributed by atoms with E-state index in [-0.39, 0.29) is 5.92 Å². The Kier molecular flexibility index (Phi) is 5.65. The number of nitrogens with zero attached hydrogens (tertiary/aromatic N) is 3. The van der Waals surface area contributed by atoms with E-state index in [1.54, 1.807) is 0 Å². The summed E-state index contributed by atoms with van der Waals surface area (Å²) in [6, 6.07) is 4.11. The topological polar surface area (TPSA) is 36.4 Å². The van der Waals surface area contributed by atoms with Gasteiger partial charge in [0.25, 0.3) is 0 Å². The quantitative estimate of drug-likeness (QED) is 0.838. The van der Waals surface area contributed by atoms with E-state index >= 15 is 0 Å². The molecule has 3 rings (SSSR count). The summed E-state index contributed by atoms with van der Waals surface area (Å²) < 4.78 is 0. The summed E-state index contributed by atoms with van der Waals surface area (Å²) >= 11 is 0. The Bertz CT molecular complexity index is 491. The van der Waals surface area contributed by atoms with Crippen molar-refractivity contribution in [3.05, 3.63) is 30.1 Å². The number of hydrogen-bond acceptors (Lipinski definition) is 3. The van der Waals surface area contributed by atoms with Crippen molar-refractivity contribution in [1.82, 2.24) is 14.8 Å². The minimum Gasteiger partial charge on any atom is -0.340 e. The third kappa shape index (κ3) is 4.54. The molecule has 1 aromatic rings. The van der Waals surface area contributed by atoms with Gasteiger partial charge in [0, 0.05) is 51.0 Å². The zero-order valence-electron chi connectivity index (χ0n) is 14.3. The normalized spacial score (nSPS) is 21.5. The zero-order valence-corrected chi connectivity index (χ0v) is 14.3. The first-order chi connectivity index (χ1) is 11.2. The standard InChI is InChI=1S/C19H29N3O/c1-16(13-17-5-2-3-6-17)19(23)22-11-9-21(10-12-22)15-18-7-4-8-20-14-18/h4,7-8,14,16-17H,2-3,5-6,9-13,15H2,1H3. The van der Waals surface area contributed by atoms with Crippen LogP contribution in [0.1, 0.15) is 44.6 Å². The van der Waals surface area contributed by atoms with E-state index < -0.39 is 0 Å². The van der Waals surface area contributed by atoms with Gasteiger partial charge < -0.3 is 4.90 Å². The summed E-state index contributed by atoms with van der Waals surface area (Å²) in [6.07, 6.45) is 10.2. The molecule has 1 saturated carbocycles. The van der Waals surface area contributed by atoms with Gasteiger partial charge in [-0.05, 0) is 24.0 Å². The molecule has 126 valence electrons. The number of carbonyl (C=O) groups excluding carboxylic acids is 1. The molecule has 2 heterocycles. The Morgan fingerprint density at radius 3 is 2.65 bits per heavy atom. The fraction of sp³-hybridized carbons (Fsp3) is 0.684. The van der Waals surface area contributed by atoms with E-state index in [1.807, 2.05) is 18.5 Å². The van der Waals surface area contributed by atoms with Gasteiger partial charge >= 0.3 is 0 Å². The molecule has 0 aromatic carbocycles.